The highest BCUT2D eigenvalue weighted by Gasteiger charge is 2.29. The summed E-state index contributed by atoms with van der Waals surface area (Å²) in [6.45, 7) is 5.02. The van der Waals surface area contributed by atoms with E-state index >= 15 is 0 Å². The number of carbonyl (C=O) groups excluding carboxylic acids is 1. The molecule has 0 aliphatic heterocycles. The Bertz CT molecular complexity index is 1070. The van der Waals surface area contributed by atoms with E-state index in [2.05, 4.69) is 34.3 Å². The van der Waals surface area contributed by atoms with Crippen LogP contribution in [0.5, 0.6) is 0 Å². The van der Waals surface area contributed by atoms with Gasteiger partial charge in [0.15, 0.2) is 6.10 Å². The molecule has 5 nitrogen and oxygen atoms in total. The summed E-state index contributed by atoms with van der Waals surface area (Å²) in [6, 6.07) is 18.9. The first kappa shape index (κ1) is 20.1. The lowest BCUT2D eigenvalue weighted by atomic mass is 10.1. The third-order valence-corrected chi connectivity index (χ3v) is 5.28. The third kappa shape index (κ3) is 4.11. The number of nitrogens with zero attached hydrogens (tertiary/aromatic N) is 3. The summed E-state index contributed by atoms with van der Waals surface area (Å²) < 4.78 is 7.89. The molecule has 7 heteroatoms. The normalized spacial score (nSPS) is 11.5. The fourth-order valence-corrected chi connectivity index (χ4v) is 3.77. The standard InChI is InChI=1S/C21H15ClIN3O2/c1-13(12-24)21(28-14(2)27)19-18(23)20(15-8-10-16(22)11-9-15)26(25-19)17-6-4-3-5-7-17/h3-11,21H,1H2,2H3. The Hall–Kier alpha value is -2.63. The molecule has 140 valence electrons. The molecular weight excluding hydrogens is 489 g/mol. The van der Waals surface area contributed by atoms with E-state index in [0.29, 0.717) is 10.7 Å². The first-order valence-corrected chi connectivity index (χ1v) is 9.74. The Labute approximate surface area is 181 Å². The van der Waals surface area contributed by atoms with E-state index in [4.69, 9.17) is 16.3 Å². The van der Waals surface area contributed by atoms with E-state index in [1.54, 1.807) is 16.8 Å². The summed E-state index contributed by atoms with van der Waals surface area (Å²) in [4.78, 5) is 11.6. The van der Waals surface area contributed by atoms with Crippen molar-refractivity contribution in [1.29, 1.82) is 5.26 Å². The molecule has 1 heterocycles. The van der Waals surface area contributed by atoms with Crippen LogP contribution in [0.25, 0.3) is 16.9 Å². The molecular formula is C21H15ClIN3O2. The van der Waals surface area contributed by atoms with Gasteiger partial charge in [-0.2, -0.15) is 10.4 Å². The highest BCUT2D eigenvalue weighted by molar-refractivity contribution is 14.1. The van der Waals surface area contributed by atoms with Crippen LogP contribution in [0.4, 0.5) is 0 Å². The number of benzene rings is 2. The molecule has 0 bridgehead atoms. The molecule has 0 radical (unpaired) electrons. The maximum absolute atomic E-state index is 11.6. The molecule has 0 N–H and O–H groups in total. The van der Waals surface area contributed by atoms with Crippen LogP contribution in [-0.4, -0.2) is 15.7 Å². The number of rotatable bonds is 5. The van der Waals surface area contributed by atoms with Gasteiger partial charge in [-0.15, -0.1) is 0 Å². The van der Waals surface area contributed by atoms with Gasteiger partial charge in [0, 0.05) is 17.5 Å². The number of hydrogen-bond donors (Lipinski definition) is 0. The zero-order chi connectivity index (χ0) is 20.3. The molecule has 0 fully saturated rings. The minimum absolute atomic E-state index is 0.105. The Morgan fingerprint density at radius 1 is 1.25 bits per heavy atom. The molecule has 1 atom stereocenters. The van der Waals surface area contributed by atoms with Gasteiger partial charge in [-0.25, -0.2) is 4.68 Å². The van der Waals surface area contributed by atoms with Gasteiger partial charge in [-0.1, -0.05) is 48.5 Å². The van der Waals surface area contributed by atoms with E-state index in [1.165, 1.54) is 6.92 Å². The summed E-state index contributed by atoms with van der Waals surface area (Å²) in [5.74, 6) is -0.514. The van der Waals surface area contributed by atoms with Crippen LogP contribution in [0.1, 0.15) is 18.7 Å². The first-order chi connectivity index (χ1) is 13.4. The number of nitriles is 1. The average Bonchev–Trinajstić information content (AvgIpc) is 3.03. The average molecular weight is 504 g/mol. The van der Waals surface area contributed by atoms with E-state index in [0.717, 1.165) is 20.5 Å². The summed E-state index contributed by atoms with van der Waals surface area (Å²) in [5, 5.41) is 14.6. The van der Waals surface area contributed by atoms with Crippen LogP contribution in [0.15, 0.2) is 66.7 Å². The van der Waals surface area contributed by atoms with Gasteiger partial charge >= 0.3 is 5.97 Å². The Kier molecular flexibility index (Phi) is 6.17. The van der Waals surface area contributed by atoms with Gasteiger partial charge < -0.3 is 4.74 Å². The van der Waals surface area contributed by atoms with Gasteiger partial charge in [0.25, 0.3) is 0 Å². The second kappa shape index (κ2) is 8.59. The van der Waals surface area contributed by atoms with Crippen molar-refractivity contribution in [3.05, 3.63) is 81.0 Å². The molecule has 0 amide bonds. The largest absolute Gasteiger partial charge is 0.450 e. The third-order valence-electron chi connectivity index (χ3n) is 3.96. The maximum atomic E-state index is 11.6. The van der Waals surface area contributed by atoms with Crippen molar-refractivity contribution in [2.45, 2.75) is 13.0 Å². The minimum atomic E-state index is -0.953. The van der Waals surface area contributed by atoms with Crippen LogP contribution < -0.4 is 0 Å². The van der Waals surface area contributed by atoms with E-state index < -0.39 is 12.1 Å². The molecule has 0 saturated heterocycles. The lowest BCUT2D eigenvalue weighted by molar-refractivity contribution is -0.144. The first-order valence-electron chi connectivity index (χ1n) is 8.28. The number of esters is 1. The molecule has 1 unspecified atom stereocenters. The van der Waals surface area contributed by atoms with Gasteiger partial charge in [0.05, 0.1) is 26.6 Å². The van der Waals surface area contributed by atoms with Gasteiger partial charge in [-0.3, -0.25) is 4.79 Å². The molecule has 1 aromatic heterocycles. The lowest BCUT2D eigenvalue weighted by Crippen LogP contribution is -2.12. The zero-order valence-corrected chi connectivity index (χ0v) is 17.8. The second-order valence-electron chi connectivity index (χ2n) is 5.93. The van der Waals surface area contributed by atoms with E-state index in [9.17, 15) is 10.1 Å². The monoisotopic (exact) mass is 503 g/mol. The SMILES string of the molecule is C=C(C#N)C(OC(C)=O)c1nn(-c2ccccc2)c(-c2ccc(Cl)cc2)c1I. The van der Waals surface area contributed by atoms with Crippen molar-refractivity contribution in [1.82, 2.24) is 9.78 Å². The number of carbonyl (C=O) groups is 1. The van der Waals surface area contributed by atoms with Crippen LogP contribution in [0.3, 0.4) is 0 Å². The Morgan fingerprint density at radius 3 is 2.46 bits per heavy atom. The van der Waals surface area contributed by atoms with E-state index in [1.807, 2.05) is 48.5 Å². The van der Waals surface area contributed by atoms with Crippen LogP contribution >= 0.6 is 34.2 Å². The van der Waals surface area contributed by atoms with Crippen molar-refractivity contribution < 1.29 is 9.53 Å². The summed E-state index contributed by atoms with van der Waals surface area (Å²) in [7, 11) is 0. The van der Waals surface area contributed by atoms with Crippen LogP contribution in [-0.2, 0) is 9.53 Å². The number of para-hydroxylation sites is 1. The molecule has 3 rings (SSSR count). The summed E-state index contributed by atoms with van der Waals surface area (Å²) >= 11 is 8.19. The predicted octanol–water partition coefficient (Wildman–Crippen LogP) is 5.48. The lowest BCUT2D eigenvalue weighted by Gasteiger charge is -2.13. The number of aromatic nitrogens is 2. The van der Waals surface area contributed by atoms with Gasteiger partial charge in [0.2, 0.25) is 0 Å². The molecule has 0 saturated carbocycles. The number of halogens is 2. The quantitative estimate of drug-likeness (QED) is 0.263. The van der Waals surface area contributed by atoms with E-state index in [-0.39, 0.29) is 5.57 Å². The van der Waals surface area contributed by atoms with Gasteiger partial charge in [0.1, 0.15) is 5.69 Å². The minimum Gasteiger partial charge on any atom is -0.450 e. The van der Waals surface area contributed by atoms with Crippen molar-refractivity contribution in [2.24, 2.45) is 0 Å². The fraction of sp³-hybridized carbons (Fsp3) is 0.0952. The topological polar surface area (TPSA) is 67.9 Å². The number of hydrogen-bond acceptors (Lipinski definition) is 4. The molecule has 0 spiro atoms. The molecule has 3 aromatic rings. The predicted molar refractivity (Wildman–Crippen MR) is 116 cm³/mol. The molecule has 0 aliphatic carbocycles. The second-order valence-corrected chi connectivity index (χ2v) is 7.44. The Balaban J connectivity index is 2.26. The highest BCUT2D eigenvalue weighted by Crippen LogP contribution is 2.36. The van der Waals surface area contributed by atoms with Crippen molar-refractivity contribution in [3.63, 3.8) is 0 Å². The van der Waals surface area contributed by atoms with Gasteiger partial charge in [-0.05, 0) is 46.9 Å². The summed E-state index contributed by atoms with van der Waals surface area (Å²) in [6.07, 6.45) is -0.953. The smallest absolute Gasteiger partial charge is 0.303 e. The molecule has 0 aliphatic rings. The van der Waals surface area contributed by atoms with Crippen molar-refractivity contribution in [2.75, 3.05) is 0 Å². The molecule has 2 aromatic carbocycles. The van der Waals surface area contributed by atoms with Crippen molar-refractivity contribution in [3.8, 4) is 23.0 Å². The van der Waals surface area contributed by atoms with Crippen molar-refractivity contribution >= 4 is 40.2 Å². The van der Waals surface area contributed by atoms with Crippen LogP contribution in [0, 0.1) is 14.9 Å². The Morgan fingerprint density at radius 2 is 1.89 bits per heavy atom. The highest BCUT2D eigenvalue weighted by atomic mass is 127. The molecule has 28 heavy (non-hydrogen) atoms. The van der Waals surface area contributed by atoms with Crippen LogP contribution in [0.2, 0.25) is 5.02 Å². The number of ether oxygens (including phenoxy) is 1. The maximum Gasteiger partial charge on any atom is 0.303 e. The zero-order valence-electron chi connectivity index (χ0n) is 14.9. The summed E-state index contributed by atoms with van der Waals surface area (Å²) in [5.41, 5.74) is 3.09. The fourth-order valence-electron chi connectivity index (χ4n) is 2.71.